The summed E-state index contributed by atoms with van der Waals surface area (Å²) >= 11 is 0. The van der Waals surface area contributed by atoms with Gasteiger partial charge in [0.15, 0.2) is 0 Å². The Balaban J connectivity index is 2.39. The summed E-state index contributed by atoms with van der Waals surface area (Å²) in [6, 6.07) is 8.10. The van der Waals surface area contributed by atoms with Crippen molar-refractivity contribution >= 4 is 15.7 Å². The molecule has 0 aromatic heterocycles. The van der Waals surface area contributed by atoms with E-state index in [9.17, 15) is 12.8 Å². The summed E-state index contributed by atoms with van der Waals surface area (Å²) in [5.74, 6) is 0.149. The maximum absolute atomic E-state index is 12.9. The van der Waals surface area contributed by atoms with Gasteiger partial charge in [-0.2, -0.15) is 0 Å². The summed E-state index contributed by atoms with van der Waals surface area (Å²) in [6.07, 6.45) is 0. The number of rotatable bonds is 4. The first kappa shape index (κ1) is 15.3. The smallest absolute Gasteiger partial charge is 0.261 e. The lowest BCUT2D eigenvalue weighted by Crippen LogP contribution is -2.14. The minimum atomic E-state index is -3.76. The minimum absolute atomic E-state index is 0.00263. The normalized spacial score (nSPS) is 11.2. The van der Waals surface area contributed by atoms with Crippen molar-refractivity contribution in [2.24, 2.45) is 0 Å². The summed E-state index contributed by atoms with van der Waals surface area (Å²) in [5, 5.41) is 0. The van der Waals surface area contributed by atoms with Gasteiger partial charge >= 0.3 is 0 Å². The van der Waals surface area contributed by atoms with Crippen LogP contribution in [0.4, 0.5) is 10.1 Å². The lowest BCUT2D eigenvalue weighted by Gasteiger charge is -2.15. The molecule has 112 valence electrons. The van der Waals surface area contributed by atoms with Crippen LogP contribution in [-0.4, -0.2) is 15.5 Å². The Labute approximate surface area is 123 Å². The summed E-state index contributed by atoms with van der Waals surface area (Å²) in [5.41, 5.74) is 2.05. The van der Waals surface area contributed by atoms with Crippen molar-refractivity contribution < 1.29 is 17.5 Å². The number of halogens is 1. The highest BCUT2D eigenvalue weighted by atomic mass is 32.2. The molecule has 0 aliphatic carbocycles. The number of nitrogens with one attached hydrogen (secondary N) is 1. The van der Waals surface area contributed by atoms with Crippen LogP contribution in [0.25, 0.3) is 0 Å². The first-order valence-corrected chi connectivity index (χ1v) is 7.76. The fraction of sp³-hybridized carbons (Fsp3) is 0.200. The van der Waals surface area contributed by atoms with Gasteiger partial charge in [-0.15, -0.1) is 0 Å². The van der Waals surface area contributed by atoms with Gasteiger partial charge < -0.3 is 4.74 Å². The molecule has 0 radical (unpaired) electrons. The fourth-order valence-corrected chi connectivity index (χ4v) is 3.19. The van der Waals surface area contributed by atoms with Gasteiger partial charge in [-0.3, -0.25) is 4.72 Å². The first-order chi connectivity index (χ1) is 9.85. The maximum atomic E-state index is 12.9. The lowest BCUT2D eigenvalue weighted by atomic mass is 10.1. The average molecular weight is 309 g/mol. The Morgan fingerprint density at radius 3 is 2.24 bits per heavy atom. The van der Waals surface area contributed by atoms with Gasteiger partial charge in [0.1, 0.15) is 11.6 Å². The van der Waals surface area contributed by atoms with Crippen LogP contribution >= 0.6 is 0 Å². The molecule has 2 aromatic rings. The van der Waals surface area contributed by atoms with Gasteiger partial charge in [0.05, 0.1) is 17.7 Å². The van der Waals surface area contributed by atoms with E-state index in [1.807, 2.05) is 6.92 Å². The number of benzene rings is 2. The molecule has 0 heterocycles. The van der Waals surface area contributed by atoms with E-state index in [0.29, 0.717) is 17.0 Å². The van der Waals surface area contributed by atoms with E-state index in [1.54, 1.807) is 19.1 Å². The molecule has 6 heteroatoms. The number of hydrogen-bond acceptors (Lipinski definition) is 3. The van der Waals surface area contributed by atoms with Crippen LogP contribution < -0.4 is 9.46 Å². The third kappa shape index (κ3) is 3.16. The summed E-state index contributed by atoms with van der Waals surface area (Å²) < 4.78 is 45.2. The van der Waals surface area contributed by atoms with Crippen molar-refractivity contribution in [3.8, 4) is 5.75 Å². The molecule has 0 spiro atoms. The van der Waals surface area contributed by atoms with Crippen LogP contribution in [0.1, 0.15) is 11.1 Å². The second-order valence-electron chi connectivity index (χ2n) is 4.65. The van der Waals surface area contributed by atoms with Crippen molar-refractivity contribution in [3.05, 3.63) is 53.3 Å². The van der Waals surface area contributed by atoms with Gasteiger partial charge in [-0.25, -0.2) is 12.8 Å². The first-order valence-electron chi connectivity index (χ1n) is 6.27. The summed E-state index contributed by atoms with van der Waals surface area (Å²) in [4.78, 5) is 0.00263. The molecule has 0 bridgehead atoms. The third-order valence-electron chi connectivity index (χ3n) is 3.18. The van der Waals surface area contributed by atoms with E-state index in [-0.39, 0.29) is 4.90 Å². The van der Waals surface area contributed by atoms with E-state index >= 15 is 0 Å². The van der Waals surface area contributed by atoms with Crippen LogP contribution in [0.5, 0.6) is 5.75 Å². The van der Waals surface area contributed by atoms with Crippen LogP contribution in [0, 0.1) is 19.7 Å². The van der Waals surface area contributed by atoms with Crippen LogP contribution in [-0.2, 0) is 10.0 Å². The Hall–Kier alpha value is -2.08. The van der Waals surface area contributed by atoms with E-state index in [4.69, 9.17) is 4.74 Å². The van der Waals surface area contributed by atoms with Crippen molar-refractivity contribution in [1.82, 2.24) is 0 Å². The Bertz CT molecular complexity index is 755. The molecule has 0 aliphatic rings. The molecule has 0 atom stereocenters. The third-order valence-corrected chi connectivity index (χ3v) is 4.56. The number of methoxy groups -OCH3 is 1. The Morgan fingerprint density at radius 2 is 1.67 bits per heavy atom. The van der Waals surface area contributed by atoms with Crippen LogP contribution in [0.2, 0.25) is 0 Å². The van der Waals surface area contributed by atoms with Gasteiger partial charge in [-0.1, -0.05) is 6.07 Å². The zero-order chi connectivity index (χ0) is 15.6. The number of ether oxygens (including phenoxy) is 1. The maximum Gasteiger partial charge on any atom is 0.261 e. The quantitative estimate of drug-likeness (QED) is 0.943. The van der Waals surface area contributed by atoms with E-state index in [2.05, 4.69) is 4.72 Å². The molecule has 0 saturated heterocycles. The van der Waals surface area contributed by atoms with E-state index in [0.717, 1.165) is 17.7 Å². The Kier molecular flexibility index (Phi) is 4.18. The molecule has 0 saturated carbocycles. The van der Waals surface area contributed by atoms with Gasteiger partial charge in [0, 0.05) is 5.56 Å². The zero-order valence-electron chi connectivity index (χ0n) is 12.0. The summed E-state index contributed by atoms with van der Waals surface area (Å²) in [6.45, 7) is 3.65. The zero-order valence-corrected chi connectivity index (χ0v) is 12.8. The highest BCUT2D eigenvalue weighted by Crippen LogP contribution is 2.30. The highest BCUT2D eigenvalue weighted by molar-refractivity contribution is 7.92. The molecule has 0 fully saturated rings. The van der Waals surface area contributed by atoms with Crippen LogP contribution in [0.15, 0.2) is 41.3 Å². The molecule has 4 nitrogen and oxygen atoms in total. The molecule has 1 N–H and O–H groups in total. The second-order valence-corrected chi connectivity index (χ2v) is 6.33. The molecule has 0 amide bonds. The van der Waals surface area contributed by atoms with Gasteiger partial charge in [0.2, 0.25) is 0 Å². The predicted octanol–water partition coefficient (Wildman–Crippen LogP) is 3.25. The topological polar surface area (TPSA) is 55.4 Å². The molecule has 2 aromatic carbocycles. The Morgan fingerprint density at radius 1 is 1.05 bits per heavy atom. The highest BCUT2D eigenvalue weighted by Gasteiger charge is 2.17. The molecule has 0 unspecified atom stereocenters. The standard InChI is InChI=1S/C15H16FNO3S/c1-10-4-9-14(11(2)15(10)20-3)17-21(18,19)13-7-5-12(16)6-8-13/h4-9,17H,1-3H3. The van der Waals surface area contributed by atoms with Crippen molar-refractivity contribution in [2.45, 2.75) is 18.7 Å². The largest absolute Gasteiger partial charge is 0.496 e. The van der Waals surface area contributed by atoms with E-state index in [1.165, 1.54) is 19.2 Å². The van der Waals surface area contributed by atoms with Crippen molar-refractivity contribution in [3.63, 3.8) is 0 Å². The molecular weight excluding hydrogens is 293 g/mol. The lowest BCUT2D eigenvalue weighted by molar-refractivity contribution is 0.409. The molecule has 2 rings (SSSR count). The predicted molar refractivity (Wildman–Crippen MR) is 79.7 cm³/mol. The second kappa shape index (κ2) is 5.73. The number of anilines is 1. The molecule has 0 aliphatic heterocycles. The monoisotopic (exact) mass is 309 g/mol. The number of hydrogen-bond donors (Lipinski definition) is 1. The SMILES string of the molecule is COc1c(C)ccc(NS(=O)(=O)c2ccc(F)cc2)c1C. The van der Waals surface area contributed by atoms with Gasteiger partial charge in [0.25, 0.3) is 10.0 Å². The average Bonchev–Trinajstić information content (AvgIpc) is 2.43. The minimum Gasteiger partial charge on any atom is -0.496 e. The molecule has 21 heavy (non-hydrogen) atoms. The van der Waals surface area contributed by atoms with Crippen molar-refractivity contribution in [2.75, 3.05) is 11.8 Å². The van der Waals surface area contributed by atoms with Gasteiger partial charge in [-0.05, 0) is 49.7 Å². The number of sulfonamides is 1. The van der Waals surface area contributed by atoms with Crippen molar-refractivity contribution in [1.29, 1.82) is 0 Å². The van der Waals surface area contributed by atoms with E-state index < -0.39 is 15.8 Å². The number of aryl methyl sites for hydroxylation is 1. The fourth-order valence-electron chi connectivity index (χ4n) is 2.07. The summed E-state index contributed by atoms with van der Waals surface area (Å²) in [7, 11) is -2.23. The van der Waals surface area contributed by atoms with Crippen LogP contribution in [0.3, 0.4) is 0 Å². The molecular formula is C15H16FNO3S.